The fraction of sp³-hybridized carbons (Fsp3) is 0.483. The highest BCUT2D eigenvalue weighted by Crippen LogP contribution is 2.40. The first-order chi connectivity index (χ1) is 17.6. The van der Waals surface area contributed by atoms with Crippen LogP contribution in [0.5, 0.6) is 0 Å². The Kier molecular flexibility index (Phi) is 7.87. The third-order valence-corrected chi connectivity index (χ3v) is 7.64. The number of aliphatic hydroxyl groups is 1. The molecule has 1 atom stereocenters. The first-order valence-corrected chi connectivity index (χ1v) is 13.1. The molecule has 0 aliphatic heterocycles. The minimum absolute atomic E-state index is 0.294. The monoisotopic (exact) mass is 506 g/mol. The van der Waals surface area contributed by atoms with Crippen LogP contribution in [0.25, 0.3) is 11.0 Å². The topological polar surface area (TPSA) is 108 Å². The molecular formula is C29H38N4O4. The van der Waals surface area contributed by atoms with Gasteiger partial charge in [0.1, 0.15) is 0 Å². The van der Waals surface area contributed by atoms with E-state index < -0.39 is 18.1 Å². The van der Waals surface area contributed by atoms with Crippen LogP contribution < -0.4 is 10.2 Å². The van der Waals surface area contributed by atoms with Crippen LogP contribution >= 0.6 is 0 Å². The van der Waals surface area contributed by atoms with Gasteiger partial charge in [-0.1, -0.05) is 45.0 Å². The van der Waals surface area contributed by atoms with Crippen LogP contribution in [0.4, 0.5) is 5.95 Å². The minimum Gasteiger partial charge on any atom is -0.478 e. The number of rotatable bonds is 8. The summed E-state index contributed by atoms with van der Waals surface area (Å²) in [5.41, 5.74) is 3.73. The molecule has 1 saturated carbocycles. The molecule has 3 aromatic rings. The Morgan fingerprint density at radius 1 is 1.08 bits per heavy atom. The number of aryl methyl sites for hydroxylation is 1. The third-order valence-electron chi connectivity index (χ3n) is 7.64. The molecule has 0 saturated heterocycles. The summed E-state index contributed by atoms with van der Waals surface area (Å²) >= 11 is 0. The van der Waals surface area contributed by atoms with E-state index in [0.29, 0.717) is 29.5 Å². The van der Waals surface area contributed by atoms with E-state index in [4.69, 9.17) is 10.1 Å². The smallest absolute Gasteiger partial charge is 0.353 e. The molecule has 8 heteroatoms. The molecule has 0 spiro atoms. The lowest BCUT2D eigenvalue weighted by Gasteiger charge is -2.41. The van der Waals surface area contributed by atoms with Gasteiger partial charge >= 0.3 is 5.97 Å². The SMILES string of the molecule is CCn1c(N(Cc2ccc(C(=O)NC(O)C(=O)O)cc2)C2CCC(C(C)(C)C)CC2)nc2ccccc21. The van der Waals surface area contributed by atoms with E-state index in [1.54, 1.807) is 12.1 Å². The van der Waals surface area contributed by atoms with Gasteiger partial charge in [0.25, 0.3) is 5.91 Å². The van der Waals surface area contributed by atoms with Crippen molar-refractivity contribution in [1.29, 1.82) is 0 Å². The van der Waals surface area contributed by atoms with Crippen molar-refractivity contribution in [1.82, 2.24) is 14.9 Å². The molecule has 198 valence electrons. The predicted molar refractivity (Wildman–Crippen MR) is 144 cm³/mol. The number of fused-ring (bicyclic) bond motifs is 1. The Morgan fingerprint density at radius 3 is 2.32 bits per heavy atom. The Hall–Kier alpha value is -3.39. The van der Waals surface area contributed by atoms with Crippen LogP contribution in [0, 0.1) is 11.3 Å². The van der Waals surface area contributed by atoms with Crippen molar-refractivity contribution in [3.63, 3.8) is 0 Å². The van der Waals surface area contributed by atoms with Gasteiger partial charge in [-0.15, -0.1) is 0 Å². The normalized spacial score (nSPS) is 18.9. The van der Waals surface area contributed by atoms with Crippen molar-refractivity contribution >= 4 is 28.9 Å². The van der Waals surface area contributed by atoms with Gasteiger partial charge in [-0.05, 0) is 73.8 Å². The maximum atomic E-state index is 12.3. The zero-order valence-electron chi connectivity index (χ0n) is 22.1. The van der Waals surface area contributed by atoms with Gasteiger partial charge < -0.3 is 25.0 Å². The number of carbonyl (C=O) groups is 2. The Bertz CT molecular complexity index is 1240. The molecule has 1 aliphatic carbocycles. The highest BCUT2D eigenvalue weighted by atomic mass is 16.4. The van der Waals surface area contributed by atoms with Crippen LogP contribution in [0.3, 0.4) is 0 Å². The van der Waals surface area contributed by atoms with Crippen LogP contribution in [-0.2, 0) is 17.9 Å². The molecule has 0 radical (unpaired) electrons. The second-order valence-electron chi connectivity index (χ2n) is 11.1. The minimum atomic E-state index is -1.94. The molecule has 1 heterocycles. The standard InChI is InChI=1S/C29H38N4O4/c1-5-32-24-9-7-6-8-23(24)30-28(32)33(22-16-14-21(15-17-22)29(2,3)4)18-19-10-12-20(13-11-19)25(34)31-26(35)27(36)37/h6-13,21-22,26,35H,5,14-18H2,1-4H3,(H,31,34)(H,36,37). The lowest BCUT2D eigenvalue weighted by atomic mass is 9.71. The third kappa shape index (κ3) is 5.96. The number of aliphatic hydroxyl groups excluding tert-OH is 1. The number of carbonyl (C=O) groups excluding carboxylic acids is 1. The van der Waals surface area contributed by atoms with E-state index in [1.807, 2.05) is 24.3 Å². The second kappa shape index (κ2) is 10.9. The Labute approximate surface area is 218 Å². The largest absolute Gasteiger partial charge is 0.478 e. The maximum absolute atomic E-state index is 12.3. The maximum Gasteiger partial charge on any atom is 0.353 e. The van der Waals surface area contributed by atoms with Gasteiger partial charge in [-0.3, -0.25) is 4.79 Å². The van der Waals surface area contributed by atoms with Gasteiger partial charge in [0.2, 0.25) is 12.2 Å². The van der Waals surface area contributed by atoms with Gasteiger partial charge in [0, 0.05) is 24.7 Å². The van der Waals surface area contributed by atoms with Crippen molar-refractivity contribution in [2.75, 3.05) is 4.90 Å². The van der Waals surface area contributed by atoms with Gasteiger partial charge in [-0.25, -0.2) is 9.78 Å². The van der Waals surface area contributed by atoms with Crippen LogP contribution in [0.2, 0.25) is 0 Å². The lowest BCUT2D eigenvalue weighted by Crippen LogP contribution is -2.41. The van der Waals surface area contributed by atoms with E-state index in [-0.39, 0.29) is 0 Å². The number of aromatic nitrogens is 2. The first kappa shape index (κ1) is 26.7. The van der Waals surface area contributed by atoms with Crippen molar-refractivity contribution in [2.24, 2.45) is 11.3 Å². The summed E-state index contributed by atoms with van der Waals surface area (Å²) in [5, 5.41) is 20.3. The summed E-state index contributed by atoms with van der Waals surface area (Å²) < 4.78 is 2.28. The number of amides is 1. The molecule has 1 aromatic heterocycles. The number of hydrogen-bond acceptors (Lipinski definition) is 5. The van der Waals surface area contributed by atoms with E-state index in [2.05, 4.69) is 54.6 Å². The zero-order chi connectivity index (χ0) is 26.7. The second-order valence-corrected chi connectivity index (χ2v) is 11.1. The van der Waals surface area contributed by atoms with Crippen molar-refractivity contribution in [3.05, 3.63) is 59.7 Å². The quantitative estimate of drug-likeness (QED) is 0.379. The van der Waals surface area contributed by atoms with E-state index >= 15 is 0 Å². The highest BCUT2D eigenvalue weighted by molar-refractivity contribution is 5.96. The van der Waals surface area contributed by atoms with Gasteiger partial charge in [0.05, 0.1) is 11.0 Å². The van der Waals surface area contributed by atoms with Crippen molar-refractivity contribution < 1.29 is 19.8 Å². The Balaban J connectivity index is 1.61. The lowest BCUT2D eigenvalue weighted by molar-refractivity contribution is -0.147. The summed E-state index contributed by atoms with van der Waals surface area (Å²) in [6.45, 7) is 10.6. The number of anilines is 1. The Morgan fingerprint density at radius 2 is 1.73 bits per heavy atom. The highest BCUT2D eigenvalue weighted by Gasteiger charge is 2.33. The molecule has 1 aliphatic rings. The molecule has 1 amide bonds. The van der Waals surface area contributed by atoms with Gasteiger partial charge in [0.15, 0.2) is 0 Å². The van der Waals surface area contributed by atoms with E-state index in [0.717, 1.165) is 41.9 Å². The number of benzene rings is 2. The fourth-order valence-corrected chi connectivity index (χ4v) is 5.44. The first-order valence-electron chi connectivity index (χ1n) is 13.1. The number of nitrogens with zero attached hydrogens (tertiary/aromatic N) is 3. The van der Waals surface area contributed by atoms with Crippen LogP contribution in [0.1, 0.15) is 69.3 Å². The average molecular weight is 507 g/mol. The number of hydrogen-bond donors (Lipinski definition) is 3. The zero-order valence-corrected chi connectivity index (χ0v) is 22.1. The van der Waals surface area contributed by atoms with Crippen molar-refractivity contribution in [2.45, 2.75) is 78.7 Å². The number of imidazole rings is 1. The molecular weight excluding hydrogens is 468 g/mol. The summed E-state index contributed by atoms with van der Waals surface area (Å²) in [5.74, 6) is -0.462. The number of carboxylic acids is 1. The molecule has 3 N–H and O–H groups in total. The molecule has 2 aromatic carbocycles. The number of para-hydroxylation sites is 2. The fourth-order valence-electron chi connectivity index (χ4n) is 5.44. The number of carboxylic acid groups (broad SMARTS) is 1. The van der Waals surface area contributed by atoms with Crippen LogP contribution in [0.15, 0.2) is 48.5 Å². The summed E-state index contributed by atoms with van der Waals surface area (Å²) in [6.07, 6.45) is 2.63. The summed E-state index contributed by atoms with van der Waals surface area (Å²) in [7, 11) is 0. The van der Waals surface area contributed by atoms with Crippen LogP contribution in [-0.4, -0.2) is 43.9 Å². The molecule has 1 unspecified atom stereocenters. The predicted octanol–water partition coefficient (Wildman–Crippen LogP) is 4.80. The van der Waals surface area contributed by atoms with E-state index in [9.17, 15) is 14.7 Å². The molecule has 8 nitrogen and oxygen atoms in total. The van der Waals surface area contributed by atoms with Gasteiger partial charge in [-0.2, -0.15) is 0 Å². The van der Waals surface area contributed by atoms with Crippen molar-refractivity contribution in [3.8, 4) is 0 Å². The molecule has 37 heavy (non-hydrogen) atoms. The molecule has 4 rings (SSSR count). The number of nitrogens with one attached hydrogen (secondary N) is 1. The number of aliphatic carboxylic acids is 1. The molecule has 0 bridgehead atoms. The summed E-state index contributed by atoms with van der Waals surface area (Å²) in [4.78, 5) is 30.6. The summed E-state index contributed by atoms with van der Waals surface area (Å²) in [6, 6.07) is 15.7. The van der Waals surface area contributed by atoms with E-state index in [1.165, 1.54) is 12.8 Å². The average Bonchev–Trinajstić information content (AvgIpc) is 3.25. The molecule has 1 fully saturated rings.